The fourth-order valence-corrected chi connectivity index (χ4v) is 3.02. The van der Waals surface area contributed by atoms with E-state index in [2.05, 4.69) is 6.58 Å². The van der Waals surface area contributed by atoms with Crippen LogP contribution in [0.25, 0.3) is 0 Å². The molecule has 4 nitrogen and oxygen atoms in total. The van der Waals surface area contributed by atoms with E-state index in [0.29, 0.717) is 19.7 Å². The Morgan fingerprint density at radius 2 is 2.09 bits per heavy atom. The second-order valence-electron chi connectivity index (χ2n) is 5.87. The Kier molecular flexibility index (Phi) is 5.61. The van der Waals surface area contributed by atoms with E-state index in [0.717, 1.165) is 37.0 Å². The minimum atomic E-state index is -0.765. The first-order valence-corrected chi connectivity index (χ1v) is 7.92. The van der Waals surface area contributed by atoms with E-state index in [1.165, 1.54) is 6.08 Å². The van der Waals surface area contributed by atoms with Crippen LogP contribution in [0.15, 0.2) is 36.9 Å². The normalized spacial score (nSPS) is 16.3. The van der Waals surface area contributed by atoms with E-state index >= 15 is 0 Å². The van der Waals surface area contributed by atoms with Crippen LogP contribution in [-0.4, -0.2) is 34.7 Å². The largest absolute Gasteiger partial charge is 0.494 e. The van der Waals surface area contributed by atoms with Crippen molar-refractivity contribution in [3.63, 3.8) is 0 Å². The molecule has 0 radical (unpaired) electrons. The standard InChI is InChI=1S/C18H25NO3/c1-3-17(20)19(14-18(21)11-7-8-12-18)13-15-9-5-6-10-16(15)22-4-2/h3,5-6,9-10,21H,1,4,7-8,11-14H2,2H3. The van der Waals surface area contributed by atoms with Crippen molar-refractivity contribution in [3.05, 3.63) is 42.5 Å². The van der Waals surface area contributed by atoms with Crippen LogP contribution in [0.4, 0.5) is 0 Å². The average Bonchev–Trinajstić information content (AvgIpc) is 2.94. The molecular formula is C18H25NO3. The summed E-state index contributed by atoms with van der Waals surface area (Å²) in [5.41, 5.74) is 0.181. The Hall–Kier alpha value is -1.81. The van der Waals surface area contributed by atoms with Crippen LogP contribution in [0.2, 0.25) is 0 Å². The lowest BCUT2D eigenvalue weighted by Gasteiger charge is -2.31. The van der Waals surface area contributed by atoms with Gasteiger partial charge in [-0.15, -0.1) is 0 Å². The molecule has 0 bridgehead atoms. The molecular weight excluding hydrogens is 278 g/mol. The van der Waals surface area contributed by atoms with Crippen LogP contribution in [0.1, 0.15) is 38.2 Å². The summed E-state index contributed by atoms with van der Waals surface area (Å²) >= 11 is 0. The lowest BCUT2D eigenvalue weighted by Crippen LogP contribution is -2.43. The first-order chi connectivity index (χ1) is 10.6. The molecule has 0 atom stereocenters. The molecule has 1 aromatic rings. The number of carbonyl (C=O) groups is 1. The van der Waals surface area contributed by atoms with Crippen LogP contribution in [0.5, 0.6) is 5.75 Å². The first kappa shape index (κ1) is 16.6. The average molecular weight is 303 g/mol. The SMILES string of the molecule is C=CC(=O)N(Cc1ccccc1OCC)CC1(O)CCCC1. The van der Waals surface area contributed by atoms with Gasteiger partial charge in [0.2, 0.25) is 5.91 Å². The summed E-state index contributed by atoms with van der Waals surface area (Å²) in [4.78, 5) is 13.8. The maximum Gasteiger partial charge on any atom is 0.246 e. The van der Waals surface area contributed by atoms with Crippen LogP contribution in [-0.2, 0) is 11.3 Å². The second kappa shape index (κ2) is 7.45. The van der Waals surface area contributed by atoms with Crippen molar-refractivity contribution in [2.24, 2.45) is 0 Å². The van der Waals surface area contributed by atoms with Gasteiger partial charge in [0, 0.05) is 12.1 Å². The van der Waals surface area contributed by atoms with Gasteiger partial charge >= 0.3 is 0 Å². The topological polar surface area (TPSA) is 49.8 Å². The van der Waals surface area contributed by atoms with Gasteiger partial charge in [0.15, 0.2) is 0 Å². The van der Waals surface area contributed by atoms with Gasteiger partial charge in [-0.25, -0.2) is 0 Å². The summed E-state index contributed by atoms with van der Waals surface area (Å²) in [5, 5.41) is 10.6. The van der Waals surface area contributed by atoms with Crippen molar-refractivity contribution in [1.29, 1.82) is 0 Å². The van der Waals surface area contributed by atoms with E-state index in [4.69, 9.17) is 4.74 Å². The molecule has 0 aromatic heterocycles. The van der Waals surface area contributed by atoms with E-state index in [1.807, 2.05) is 31.2 Å². The Morgan fingerprint density at radius 3 is 2.73 bits per heavy atom. The molecule has 1 amide bonds. The van der Waals surface area contributed by atoms with E-state index in [9.17, 15) is 9.90 Å². The highest BCUT2D eigenvalue weighted by atomic mass is 16.5. The smallest absolute Gasteiger partial charge is 0.246 e. The van der Waals surface area contributed by atoms with Crippen molar-refractivity contribution in [2.45, 2.75) is 44.8 Å². The molecule has 0 heterocycles. The predicted octanol–water partition coefficient (Wildman–Crippen LogP) is 2.91. The number of hydrogen-bond donors (Lipinski definition) is 1. The molecule has 1 aliphatic carbocycles. The number of carbonyl (C=O) groups excluding carboxylic acids is 1. The van der Waals surface area contributed by atoms with Gasteiger partial charge in [0.05, 0.1) is 18.8 Å². The maximum absolute atomic E-state index is 12.2. The highest BCUT2D eigenvalue weighted by molar-refractivity contribution is 5.87. The highest BCUT2D eigenvalue weighted by Gasteiger charge is 2.34. The van der Waals surface area contributed by atoms with Gasteiger partial charge in [-0.1, -0.05) is 37.6 Å². The molecule has 0 spiro atoms. The molecule has 120 valence electrons. The van der Waals surface area contributed by atoms with Crippen molar-refractivity contribution in [2.75, 3.05) is 13.2 Å². The monoisotopic (exact) mass is 303 g/mol. The van der Waals surface area contributed by atoms with Crippen LogP contribution >= 0.6 is 0 Å². The Balaban J connectivity index is 2.16. The number of benzene rings is 1. The number of hydrogen-bond acceptors (Lipinski definition) is 3. The summed E-state index contributed by atoms with van der Waals surface area (Å²) in [7, 11) is 0. The molecule has 1 N–H and O–H groups in total. The van der Waals surface area contributed by atoms with Gasteiger partial charge in [-0.2, -0.15) is 0 Å². The molecule has 0 aliphatic heterocycles. The van der Waals surface area contributed by atoms with Crippen molar-refractivity contribution in [1.82, 2.24) is 4.90 Å². The summed E-state index contributed by atoms with van der Waals surface area (Å²) in [6.07, 6.45) is 4.84. The minimum absolute atomic E-state index is 0.161. The van der Waals surface area contributed by atoms with Gasteiger partial charge in [-0.3, -0.25) is 4.79 Å². The van der Waals surface area contributed by atoms with Crippen molar-refractivity contribution < 1.29 is 14.6 Å². The fraction of sp³-hybridized carbons (Fsp3) is 0.500. The third kappa shape index (κ3) is 4.10. The quantitative estimate of drug-likeness (QED) is 0.788. The van der Waals surface area contributed by atoms with Gasteiger partial charge < -0.3 is 14.7 Å². The van der Waals surface area contributed by atoms with E-state index < -0.39 is 5.60 Å². The van der Waals surface area contributed by atoms with Gasteiger partial charge in [0.25, 0.3) is 0 Å². The third-order valence-corrected chi connectivity index (χ3v) is 4.14. The second-order valence-corrected chi connectivity index (χ2v) is 5.87. The summed E-state index contributed by atoms with van der Waals surface area (Å²) in [5.74, 6) is 0.622. The molecule has 1 aromatic carbocycles. The van der Waals surface area contributed by atoms with Gasteiger partial charge in [0.1, 0.15) is 5.75 Å². The van der Waals surface area contributed by atoms with Crippen LogP contribution in [0, 0.1) is 0 Å². The van der Waals surface area contributed by atoms with Crippen LogP contribution < -0.4 is 4.74 Å². The van der Waals surface area contributed by atoms with Crippen molar-refractivity contribution >= 4 is 5.91 Å². The summed E-state index contributed by atoms with van der Waals surface area (Å²) in [6.45, 7) is 6.86. The Labute approximate surface area is 132 Å². The zero-order valence-corrected chi connectivity index (χ0v) is 13.3. The lowest BCUT2D eigenvalue weighted by molar-refractivity contribution is -0.130. The zero-order chi connectivity index (χ0) is 16.0. The molecule has 2 rings (SSSR count). The van der Waals surface area contributed by atoms with Crippen molar-refractivity contribution in [3.8, 4) is 5.75 Å². The fourth-order valence-electron chi connectivity index (χ4n) is 3.02. The third-order valence-electron chi connectivity index (χ3n) is 4.14. The Bertz CT molecular complexity index is 521. The lowest BCUT2D eigenvalue weighted by atomic mass is 10.0. The zero-order valence-electron chi connectivity index (χ0n) is 13.3. The molecule has 0 unspecified atom stereocenters. The highest BCUT2D eigenvalue weighted by Crippen LogP contribution is 2.31. The number of para-hydroxylation sites is 1. The minimum Gasteiger partial charge on any atom is -0.494 e. The predicted molar refractivity (Wildman–Crippen MR) is 86.6 cm³/mol. The molecule has 1 aliphatic rings. The van der Waals surface area contributed by atoms with Crippen LogP contribution in [0.3, 0.4) is 0 Å². The van der Waals surface area contributed by atoms with Gasteiger partial charge in [-0.05, 0) is 31.9 Å². The number of nitrogens with zero attached hydrogens (tertiary/aromatic N) is 1. The van der Waals surface area contributed by atoms with E-state index in [1.54, 1.807) is 4.90 Å². The number of rotatable bonds is 7. The summed E-state index contributed by atoms with van der Waals surface area (Å²) < 4.78 is 5.62. The molecule has 0 saturated heterocycles. The van der Waals surface area contributed by atoms with E-state index in [-0.39, 0.29) is 5.91 Å². The Morgan fingerprint density at radius 1 is 1.41 bits per heavy atom. The number of aliphatic hydroxyl groups is 1. The first-order valence-electron chi connectivity index (χ1n) is 7.92. The number of amides is 1. The summed E-state index contributed by atoms with van der Waals surface area (Å²) in [6, 6.07) is 7.70. The number of ether oxygens (including phenoxy) is 1. The molecule has 1 fully saturated rings. The molecule has 1 saturated carbocycles. The molecule has 4 heteroatoms. The molecule has 22 heavy (non-hydrogen) atoms. The maximum atomic E-state index is 12.2.